The van der Waals surface area contributed by atoms with E-state index in [1.807, 2.05) is 43.3 Å². The van der Waals surface area contributed by atoms with Crippen LogP contribution >= 0.6 is 22.9 Å². The Balaban J connectivity index is 1.23. The number of carbonyl (C=O) groups is 1. The molecule has 1 saturated carbocycles. The minimum absolute atomic E-state index is 0.347. The summed E-state index contributed by atoms with van der Waals surface area (Å²) in [7, 11) is 0. The SMILES string of the molecule is Cc1ccc(/C=C/C(=O)Oc2ccc3c(c2)C[C@H]2CC[C@@H](C3)[C@H]2NCc2ccc(Cl)s2)cc1. The first-order chi connectivity index (χ1) is 16.0. The highest BCUT2D eigenvalue weighted by molar-refractivity contribution is 7.16. The lowest BCUT2D eigenvalue weighted by atomic mass is 9.93. The Morgan fingerprint density at radius 1 is 1.06 bits per heavy atom. The van der Waals surface area contributed by atoms with Gasteiger partial charge in [-0.25, -0.2) is 4.79 Å². The van der Waals surface area contributed by atoms with E-state index in [0.717, 1.165) is 29.3 Å². The van der Waals surface area contributed by atoms with Crippen molar-refractivity contribution in [3.8, 4) is 5.75 Å². The molecule has 1 N–H and O–H groups in total. The van der Waals surface area contributed by atoms with Crippen molar-refractivity contribution < 1.29 is 9.53 Å². The summed E-state index contributed by atoms with van der Waals surface area (Å²) in [5.41, 5.74) is 4.89. The van der Waals surface area contributed by atoms with Crippen molar-refractivity contribution >= 4 is 35.0 Å². The van der Waals surface area contributed by atoms with Crippen LogP contribution in [0, 0.1) is 18.8 Å². The minimum atomic E-state index is -0.347. The highest BCUT2D eigenvalue weighted by Gasteiger charge is 2.38. The van der Waals surface area contributed by atoms with Gasteiger partial charge in [0, 0.05) is 23.5 Å². The summed E-state index contributed by atoms with van der Waals surface area (Å²) in [6, 6.07) is 18.8. The molecule has 2 aliphatic carbocycles. The number of carbonyl (C=O) groups excluding carboxylic acids is 1. The first-order valence-corrected chi connectivity index (χ1v) is 12.8. The number of hydrogen-bond donors (Lipinski definition) is 1. The zero-order chi connectivity index (χ0) is 22.8. The summed E-state index contributed by atoms with van der Waals surface area (Å²) >= 11 is 7.75. The van der Waals surface area contributed by atoms with E-state index >= 15 is 0 Å². The number of aryl methyl sites for hydroxylation is 1. The van der Waals surface area contributed by atoms with Crippen LogP contribution in [0.15, 0.2) is 60.7 Å². The fourth-order valence-corrected chi connectivity index (χ4v) is 6.28. The van der Waals surface area contributed by atoms with Crippen LogP contribution in [0.3, 0.4) is 0 Å². The van der Waals surface area contributed by atoms with Crippen molar-refractivity contribution in [2.75, 3.05) is 0 Å². The minimum Gasteiger partial charge on any atom is -0.423 e. The quantitative estimate of drug-likeness (QED) is 0.246. The Kier molecular flexibility index (Phi) is 6.68. The predicted octanol–water partition coefficient (Wildman–Crippen LogP) is 6.61. The zero-order valence-electron chi connectivity index (χ0n) is 18.7. The van der Waals surface area contributed by atoms with Gasteiger partial charge in [-0.05, 0) is 91.5 Å². The molecule has 0 spiro atoms. The Hall–Kier alpha value is -2.40. The second-order valence-corrected chi connectivity index (χ2v) is 11.0. The second-order valence-electron chi connectivity index (χ2n) is 9.21. The van der Waals surface area contributed by atoms with Gasteiger partial charge in [-0.2, -0.15) is 0 Å². The average molecular weight is 478 g/mol. The zero-order valence-corrected chi connectivity index (χ0v) is 20.3. The van der Waals surface area contributed by atoms with Crippen LogP contribution in [0.5, 0.6) is 5.75 Å². The number of thiophene rings is 1. The largest absolute Gasteiger partial charge is 0.423 e. The van der Waals surface area contributed by atoms with E-state index in [0.29, 0.717) is 23.6 Å². The molecule has 3 atom stereocenters. The van der Waals surface area contributed by atoms with Gasteiger partial charge >= 0.3 is 5.97 Å². The van der Waals surface area contributed by atoms with Gasteiger partial charge in [0.25, 0.3) is 0 Å². The van der Waals surface area contributed by atoms with Crippen molar-refractivity contribution in [2.24, 2.45) is 11.8 Å². The van der Waals surface area contributed by atoms with E-state index in [2.05, 4.69) is 23.5 Å². The molecule has 0 amide bonds. The summed E-state index contributed by atoms with van der Waals surface area (Å²) in [5.74, 6) is 1.54. The maximum atomic E-state index is 12.4. The van der Waals surface area contributed by atoms with E-state index in [4.69, 9.17) is 16.3 Å². The molecule has 2 aliphatic rings. The maximum absolute atomic E-state index is 12.4. The molecule has 0 aliphatic heterocycles. The molecule has 1 aromatic heterocycles. The smallest absolute Gasteiger partial charge is 0.336 e. The monoisotopic (exact) mass is 477 g/mol. The maximum Gasteiger partial charge on any atom is 0.336 e. The standard InChI is InChI=1S/C28H28ClNO2S/c1-18-2-4-19(5-3-18)6-13-27(31)32-24-10-9-20-14-21-7-8-22(15-23(20)16-24)28(21)30-17-25-11-12-26(29)33-25/h2-6,9-13,16,21-22,28,30H,7-8,14-15,17H2,1H3/b13-6+/t21-,22+,28+/m0/s1. The van der Waals surface area contributed by atoms with Crippen molar-refractivity contribution in [3.63, 3.8) is 0 Å². The van der Waals surface area contributed by atoms with Gasteiger partial charge in [0.2, 0.25) is 0 Å². The summed E-state index contributed by atoms with van der Waals surface area (Å²) in [6.07, 6.45) is 7.91. The van der Waals surface area contributed by atoms with Crippen LogP contribution in [0.25, 0.3) is 6.08 Å². The van der Waals surface area contributed by atoms with E-state index < -0.39 is 0 Å². The third-order valence-corrected chi connectivity index (χ3v) is 8.15. The van der Waals surface area contributed by atoms with Crippen LogP contribution in [-0.2, 0) is 24.2 Å². The normalized spacial score (nSPS) is 21.7. The van der Waals surface area contributed by atoms with Crippen LogP contribution in [0.1, 0.15) is 40.0 Å². The summed E-state index contributed by atoms with van der Waals surface area (Å²) in [5, 5.41) is 3.83. The van der Waals surface area contributed by atoms with E-state index in [1.165, 1.54) is 40.5 Å². The molecular weight excluding hydrogens is 450 g/mol. The first-order valence-electron chi connectivity index (χ1n) is 11.6. The van der Waals surface area contributed by atoms with Crippen LogP contribution in [0.2, 0.25) is 4.34 Å². The van der Waals surface area contributed by atoms with Gasteiger partial charge in [0.05, 0.1) is 4.34 Å². The second kappa shape index (κ2) is 9.84. The number of benzene rings is 2. The Bertz CT molecular complexity index is 1170. The summed E-state index contributed by atoms with van der Waals surface area (Å²) < 4.78 is 6.47. The van der Waals surface area contributed by atoms with Gasteiger partial charge in [-0.1, -0.05) is 47.5 Å². The molecular formula is C28H28ClNO2S. The Labute approximate surface area is 204 Å². The molecule has 1 fully saturated rings. The van der Waals surface area contributed by atoms with Gasteiger partial charge in [-0.3, -0.25) is 0 Å². The molecule has 3 nitrogen and oxygen atoms in total. The summed E-state index contributed by atoms with van der Waals surface area (Å²) in [6.45, 7) is 2.92. The van der Waals surface area contributed by atoms with Gasteiger partial charge in [-0.15, -0.1) is 11.3 Å². The van der Waals surface area contributed by atoms with Crippen molar-refractivity contribution in [1.29, 1.82) is 0 Å². The van der Waals surface area contributed by atoms with Crippen molar-refractivity contribution in [2.45, 2.75) is 45.2 Å². The fourth-order valence-electron chi connectivity index (χ4n) is 5.24. The van der Waals surface area contributed by atoms with E-state index in [-0.39, 0.29) is 5.97 Å². The third-order valence-electron chi connectivity index (χ3n) is 6.91. The number of fused-ring (bicyclic) bond motifs is 3. The molecule has 1 heterocycles. The first kappa shape index (κ1) is 22.4. The Morgan fingerprint density at radius 2 is 1.82 bits per heavy atom. The average Bonchev–Trinajstić information content (AvgIpc) is 3.34. The van der Waals surface area contributed by atoms with Crippen molar-refractivity contribution in [1.82, 2.24) is 5.32 Å². The van der Waals surface area contributed by atoms with E-state index in [9.17, 15) is 4.79 Å². The Morgan fingerprint density at radius 3 is 2.55 bits per heavy atom. The molecule has 5 heteroatoms. The highest BCUT2D eigenvalue weighted by atomic mass is 35.5. The molecule has 0 unspecified atom stereocenters. The third kappa shape index (κ3) is 5.40. The number of ether oxygens (including phenoxy) is 1. The van der Waals surface area contributed by atoms with Crippen LogP contribution in [0.4, 0.5) is 0 Å². The van der Waals surface area contributed by atoms with Crippen LogP contribution in [-0.4, -0.2) is 12.0 Å². The fraction of sp³-hybridized carbons (Fsp3) is 0.321. The molecule has 3 aromatic rings. The molecule has 170 valence electrons. The number of rotatable bonds is 6. The van der Waals surface area contributed by atoms with Gasteiger partial charge < -0.3 is 10.1 Å². The summed E-state index contributed by atoms with van der Waals surface area (Å²) in [4.78, 5) is 13.6. The lowest BCUT2D eigenvalue weighted by Gasteiger charge is -2.23. The molecule has 0 saturated heterocycles. The topological polar surface area (TPSA) is 38.3 Å². The molecule has 5 rings (SSSR count). The van der Waals surface area contributed by atoms with Crippen molar-refractivity contribution in [3.05, 3.63) is 92.1 Å². The van der Waals surface area contributed by atoms with Gasteiger partial charge in [0.1, 0.15) is 5.75 Å². The number of nitrogens with one attached hydrogen (secondary N) is 1. The predicted molar refractivity (Wildman–Crippen MR) is 136 cm³/mol. The lowest BCUT2D eigenvalue weighted by Crippen LogP contribution is -2.37. The van der Waals surface area contributed by atoms with E-state index in [1.54, 1.807) is 17.4 Å². The number of esters is 1. The molecule has 33 heavy (non-hydrogen) atoms. The molecule has 2 aromatic carbocycles. The number of halogens is 1. The molecule has 0 radical (unpaired) electrons. The number of hydrogen-bond acceptors (Lipinski definition) is 4. The van der Waals surface area contributed by atoms with Gasteiger partial charge in [0.15, 0.2) is 0 Å². The lowest BCUT2D eigenvalue weighted by molar-refractivity contribution is -0.128. The molecule has 2 bridgehead atoms. The highest BCUT2D eigenvalue weighted by Crippen LogP contribution is 2.41. The van der Waals surface area contributed by atoms with Crippen LogP contribution < -0.4 is 10.1 Å².